The molecule has 0 heterocycles. The first-order valence-electron chi connectivity index (χ1n) is 5.86. The van der Waals surface area contributed by atoms with E-state index in [0.717, 1.165) is 4.90 Å². The molecule has 0 fully saturated rings. The second kappa shape index (κ2) is 9.15. The molecule has 0 rings (SSSR count). The summed E-state index contributed by atoms with van der Waals surface area (Å²) in [6, 6.07) is -1.59. The fourth-order valence-electron chi connectivity index (χ4n) is 1.31. The molecule has 0 radical (unpaired) electrons. The lowest BCUT2D eigenvalue weighted by atomic mass is 10.1. The van der Waals surface area contributed by atoms with E-state index in [-0.39, 0.29) is 18.9 Å². The number of nitrogens with one attached hydrogen (secondary N) is 2. The molecule has 0 bridgehead atoms. The maximum atomic E-state index is 11.7. The Labute approximate surface area is 112 Å². The Morgan fingerprint density at radius 2 is 2.00 bits per heavy atom. The summed E-state index contributed by atoms with van der Waals surface area (Å²) in [4.78, 5) is 34.9. The van der Waals surface area contributed by atoms with Crippen LogP contribution in [-0.2, 0) is 14.3 Å². The number of ether oxygens (including phenoxy) is 1. The molecule has 1 unspecified atom stereocenters. The van der Waals surface area contributed by atoms with Gasteiger partial charge in [-0.25, -0.2) is 9.59 Å². The number of carboxylic acids is 1. The molecule has 19 heavy (non-hydrogen) atoms. The first-order valence-corrected chi connectivity index (χ1v) is 5.86. The van der Waals surface area contributed by atoms with Crippen molar-refractivity contribution in [2.45, 2.75) is 18.9 Å². The molecular weight excluding hydrogens is 254 g/mol. The van der Waals surface area contributed by atoms with E-state index in [9.17, 15) is 14.4 Å². The molecule has 8 heteroatoms. The average Bonchev–Trinajstić information content (AvgIpc) is 2.36. The van der Waals surface area contributed by atoms with Gasteiger partial charge in [-0.1, -0.05) is 0 Å². The molecule has 0 aliphatic rings. The highest BCUT2D eigenvalue weighted by Gasteiger charge is 2.21. The molecule has 8 nitrogen and oxygen atoms in total. The largest absolute Gasteiger partial charge is 0.480 e. The number of rotatable bonds is 8. The summed E-state index contributed by atoms with van der Waals surface area (Å²) < 4.78 is 4.82. The van der Waals surface area contributed by atoms with Crippen LogP contribution in [0.2, 0.25) is 0 Å². The minimum absolute atomic E-state index is 0.132. The first-order chi connectivity index (χ1) is 8.92. The molecule has 0 aliphatic heterocycles. The zero-order valence-electron chi connectivity index (χ0n) is 11.4. The number of methoxy groups -OCH3 is 1. The van der Waals surface area contributed by atoms with E-state index < -0.39 is 18.0 Å². The van der Waals surface area contributed by atoms with E-state index in [0.29, 0.717) is 13.0 Å². The fraction of sp³-hybridized carbons (Fsp3) is 0.727. The second-order valence-corrected chi connectivity index (χ2v) is 4.00. The van der Waals surface area contributed by atoms with E-state index in [1.165, 1.54) is 21.2 Å². The van der Waals surface area contributed by atoms with Crippen LogP contribution in [0.25, 0.3) is 0 Å². The van der Waals surface area contributed by atoms with Gasteiger partial charge in [-0.2, -0.15) is 0 Å². The average molecular weight is 275 g/mol. The summed E-state index contributed by atoms with van der Waals surface area (Å²) in [5.41, 5.74) is 0. The topological polar surface area (TPSA) is 108 Å². The lowest BCUT2D eigenvalue weighted by molar-refractivity contribution is -0.139. The van der Waals surface area contributed by atoms with Crippen LogP contribution in [0.4, 0.5) is 4.79 Å². The van der Waals surface area contributed by atoms with Gasteiger partial charge in [-0.3, -0.25) is 4.79 Å². The minimum atomic E-state index is -1.11. The van der Waals surface area contributed by atoms with Gasteiger partial charge in [0, 0.05) is 27.8 Å². The summed E-state index contributed by atoms with van der Waals surface area (Å²) in [5, 5.41) is 13.7. The number of carbonyl (C=O) groups is 3. The van der Waals surface area contributed by atoms with Crippen LogP contribution in [0.15, 0.2) is 0 Å². The van der Waals surface area contributed by atoms with Gasteiger partial charge in [0.05, 0.1) is 0 Å². The van der Waals surface area contributed by atoms with Crippen molar-refractivity contribution in [2.75, 3.05) is 34.4 Å². The van der Waals surface area contributed by atoms with Crippen LogP contribution in [0.3, 0.4) is 0 Å². The lowest BCUT2D eigenvalue weighted by Gasteiger charge is -2.20. The van der Waals surface area contributed by atoms with Crippen molar-refractivity contribution in [1.82, 2.24) is 15.5 Å². The molecule has 0 aromatic carbocycles. The number of carboxylic acid groups (broad SMARTS) is 1. The molecule has 1 atom stereocenters. The van der Waals surface area contributed by atoms with Gasteiger partial charge in [-0.15, -0.1) is 0 Å². The summed E-state index contributed by atoms with van der Waals surface area (Å²) in [5.74, 6) is -1.44. The molecule has 0 saturated heterocycles. The summed E-state index contributed by atoms with van der Waals surface area (Å²) in [6.07, 6.45) is 0.787. The Morgan fingerprint density at radius 1 is 1.37 bits per heavy atom. The third-order valence-electron chi connectivity index (χ3n) is 2.44. The molecule has 110 valence electrons. The molecule has 0 spiro atoms. The zero-order chi connectivity index (χ0) is 14.8. The number of aliphatic carboxylic acids is 1. The van der Waals surface area contributed by atoms with Gasteiger partial charge in [0.25, 0.3) is 0 Å². The Kier molecular flexibility index (Phi) is 8.27. The quantitative estimate of drug-likeness (QED) is 0.505. The van der Waals surface area contributed by atoms with Crippen LogP contribution in [-0.4, -0.2) is 68.3 Å². The summed E-state index contributed by atoms with van der Waals surface area (Å²) in [7, 11) is 4.39. The minimum Gasteiger partial charge on any atom is -0.480 e. The molecule has 0 aliphatic carbocycles. The Morgan fingerprint density at radius 3 is 2.47 bits per heavy atom. The van der Waals surface area contributed by atoms with Gasteiger partial charge >= 0.3 is 12.0 Å². The Bertz CT molecular complexity index is 321. The van der Waals surface area contributed by atoms with Crippen molar-refractivity contribution < 1.29 is 24.2 Å². The van der Waals surface area contributed by atoms with E-state index in [1.807, 2.05) is 0 Å². The summed E-state index contributed by atoms with van der Waals surface area (Å²) >= 11 is 0. The van der Waals surface area contributed by atoms with E-state index in [1.54, 1.807) is 0 Å². The van der Waals surface area contributed by atoms with Crippen LogP contribution in [0.1, 0.15) is 12.8 Å². The standard InChI is InChI=1S/C11H21N3O5/c1-12-9(15)7-14(2)11(18)13-8(10(16)17)5-4-6-19-3/h8H,4-7H2,1-3H3,(H,12,15)(H,13,18)(H,16,17). The van der Waals surface area contributed by atoms with E-state index in [4.69, 9.17) is 9.84 Å². The van der Waals surface area contributed by atoms with Crippen LogP contribution >= 0.6 is 0 Å². The number of urea groups is 1. The van der Waals surface area contributed by atoms with Gasteiger partial charge in [-0.05, 0) is 12.8 Å². The number of amides is 3. The zero-order valence-corrected chi connectivity index (χ0v) is 11.4. The molecule has 0 aromatic rings. The molecule has 0 aromatic heterocycles. The number of hydrogen-bond donors (Lipinski definition) is 3. The van der Waals surface area contributed by atoms with E-state index >= 15 is 0 Å². The van der Waals surface area contributed by atoms with Crippen molar-refractivity contribution in [1.29, 1.82) is 0 Å². The number of nitrogens with zero attached hydrogens (tertiary/aromatic N) is 1. The predicted octanol–water partition coefficient (Wildman–Crippen LogP) is -0.746. The SMILES string of the molecule is CNC(=O)CN(C)C(=O)NC(CCCOC)C(=O)O. The maximum absolute atomic E-state index is 11.7. The molecule has 3 N–H and O–H groups in total. The Hall–Kier alpha value is -1.83. The molecule has 3 amide bonds. The Balaban J connectivity index is 4.29. The van der Waals surface area contributed by atoms with Crippen molar-refractivity contribution in [2.24, 2.45) is 0 Å². The van der Waals surface area contributed by atoms with Crippen molar-refractivity contribution in [3.05, 3.63) is 0 Å². The van der Waals surface area contributed by atoms with Gasteiger partial charge in [0.15, 0.2) is 0 Å². The highest BCUT2D eigenvalue weighted by atomic mass is 16.5. The number of hydrogen-bond acceptors (Lipinski definition) is 4. The van der Waals surface area contributed by atoms with Gasteiger partial charge < -0.3 is 25.4 Å². The highest BCUT2D eigenvalue weighted by Crippen LogP contribution is 1.99. The van der Waals surface area contributed by atoms with E-state index in [2.05, 4.69) is 10.6 Å². The van der Waals surface area contributed by atoms with Crippen molar-refractivity contribution >= 4 is 17.9 Å². The van der Waals surface area contributed by atoms with Crippen LogP contribution in [0.5, 0.6) is 0 Å². The van der Waals surface area contributed by atoms with Crippen LogP contribution < -0.4 is 10.6 Å². The third kappa shape index (κ3) is 7.24. The normalized spacial score (nSPS) is 11.5. The van der Waals surface area contributed by atoms with Gasteiger partial charge in [0.2, 0.25) is 5.91 Å². The molecule has 0 saturated carbocycles. The smallest absolute Gasteiger partial charge is 0.326 e. The maximum Gasteiger partial charge on any atom is 0.326 e. The predicted molar refractivity (Wildman–Crippen MR) is 67.8 cm³/mol. The monoisotopic (exact) mass is 275 g/mol. The number of carbonyl (C=O) groups excluding carboxylic acids is 2. The molecular formula is C11H21N3O5. The number of likely N-dealkylation sites (N-methyl/N-ethyl adjacent to an activating group) is 2. The third-order valence-corrected chi connectivity index (χ3v) is 2.44. The van der Waals surface area contributed by atoms with Gasteiger partial charge in [0.1, 0.15) is 12.6 Å². The first kappa shape index (κ1) is 17.2. The van der Waals surface area contributed by atoms with Crippen LogP contribution in [0, 0.1) is 0 Å². The van der Waals surface area contributed by atoms with Crippen molar-refractivity contribution in [3.8, 4) is 0 Å². The van der Waals surface area contributed by atoms with Crippen molar-refractivity contribution in [3.63, 3.8) is 0 Å². The summed E-state index contributed by atoms with van der Waals surface area (Å²) in [6.45, 7) is 0.292. The highest BCUT2D eigenvalue weighted by molar-refractivity contribution is 5.86. The second-order valence-electron chi connectivity index (χ2n) is 4.00. The lowest BCUT2D eigenvalue weighted by Crippen LogP contribution is -2.48. The fourth-order valence-corrected chi connectivity index (χ4v) is 1.31.